The Morgan fingerprint density at radius 1 is 1.32 bits per heavy atom. The average Bonchev–Trinajstić information content (AvgIpc) is 2.80. The van der Waals surface area contributed by atoms with Gasteiger partial charge in [-0.05, 0) is 24.6 Å². The van der Waals surface area contributed by atoms with Crippen LogP contribution in [0.3, 0.4) is 0 Å². The fourth-order valence-electron chi connectivity index (χ4n) is 2.32. The molecule has 1 aliphatic heterocycles. The van der Waals surface area contributed by atoms with Crippen molar-refractivity contribution in [2.24, 2.45) is 0 Å². The van der Waals surface area contributed by atoms with E-state index >= 15 is 0 Å². The standard InChI is InChI=1S/C14H17N3O2/c1-10-15-14(19-16-10)12-8-17(9-12)7-11-3-5-13(18-2)6-4-11/h3-6,12H,7-9H2,1-2H3. The zero-order chi connectivity index (χ0) is 13.2. The predicted octanol–water partition coefficient (Wildman–Crippen LogP) is 1.99. The summed E-state index contributed by atoms with van der Waals surface area (Å²) in [6.45, 7) is 4.76. The SMILES string of the molecule is COc1ccc(CN2CC(c3nc(C)no3)C2)cc1. The molecule has 19 heavy (non-hydrogen) atoms. The monoisotopic (exact) mass is 259 g/mol. The third kappa shape index (κ3) is 2.61. The van der Waals surface area contributed by atoms with Crippen molar-refractivity contribution in [1.29, 1.82) is 0 Å². The van der Waals surface area contributed by atoms with Crippen LogP contribution in [0.15, 0.2) is 28.8 Å². The fourth-order valence-corrected chi connectivity index (χ4v) is 2.32. The van der Waals surface area contributed by atoms with Crippen LogP contribution in [0.25, 0.3) is 0 Å². The van der Waals surface area contributed by atoms with Gasteiger partial charge in [-0.2, -0.15) is 4.98 Å². The highest BCUT2D eigenvalue weighted by Gasteiger charge is 2.32. The molecule has 2 aromatic rings. The summed E-state index contributed by atoms with van der Waals surface area (Å²) < 4.78 is 10.3. The van der Waals surface area contributed by atoms with Gasteiger partial charge in [0.1, 0.15) is 5.75 Å². The van der Waals surface area contributed by atoms with Crippen molar-refractivity contribution in [3.63, 3.8) is 0 Å². The van der Waals surface area contributed by atoms with Crippen molar-refractivity contribution >= 4 is 0 Å². The summed E-state index contributed by atoms with van der Waals surface area (Å²) in [6, 6.07) is 8.19. The number of ether oxygens (including phenoxy) is 1. The molecule has 1 fully saturated rings. The van der Waals surface area contributed by atoms with Crippen LogP contribution in [-0.4, -0.2) is 35.2 Å². The van der Waals surface area contributed by atoms with Gasteiger partial charge < -0.3 is 9.26 Å². The molecule has 0 atom stereocenters. The number of nitrogens with zero attached hydrogens (tertiary/aromatic N) is 3. The highest BCUT2D eigenvalue weighted by molar-refractivity contribution is 5.27. The largest absolute Gasteiger partial charge is 0.497 e. The summed E-state index contributed by atoms with van der Waals surface area (Å²) in [6.07, 6.45) is 0. The molecule has 0 spiro atoms. The zero-order valence-electron chi connectivity index (χ0n) is 11.2. The highest BCUT2D eigenvalue weighted by atomic mass is 16.5. The smallest absolute Gasteiger partial charge is 0.232 e. The molecule has 100 valence electrons. The fraction of sp³-hybridized carbons (Fsp3) is 0.429. The maximum absolute atomic E-state index is 5.19. The molecule has 1 aliphatic rings. The Bertz CT molecular complexity index is 544. The molecular weight excluding hydrogens is 242 g/mol. The number of aryl methyl sites for hydroxylation is 1. The first-order valence-electron chi connectivity index (χ1n) is 6.40. The Morgan fingerprint density at radius 3 is 2.63 bits per heavy atom. The minimum atomic E-state index is 0.388. The Morgan fingerprint density at radius 2 is 2.05 bits per heavy atom. The molecule has 0 radical (unpaired) electrons. The summed E-state index contributed by atoms with van der Waals surface area (Å²) in [5, 5.41) is 3.83. The van der Waals surface area contributed by atoms with E-state index in [1.165, 1.54) is 5.56 Å². The predicted molar refractivity (Wildman–Crippen MR) is 70.0 cm³/mol. The minimum Gasteiger partial charge on any atom is -0.497 e. The van der Waals surface area contributed by atoms with E-state index in [1.54, 1.807) is 7.11 Å². The summed E-state index contributed by atoms with van der Waals surface area (Å²) in [5.41, 5.74) is 1.29. The average molecular weight is 259 g/mol. The molecule has 5 nitrogen and oxygen atoms in total. The van der Waals surface area contributed by atoms with Crippen molar-refractivity contribution in [3.05, 3.63) is 41.5 Å². The van der Waals surface area contributed by atoms with Gasteiger partial charge >= 0.3 is 0 Å². The van der Waals surface area contributed by atoms with E-state index in [4.69, 9.17) is 9.26 Å². The van der Waals surface area contributed by atoms with Crippen molar-refractivity contribution in [1.82, 2.24) is 15.0 Å². The number of aromatic nitrogens is 2. The quantitative estimate of drug-likeness (QED) is 0.840. The molecule has 0 aliphatic carbocycles. The van der Waals surface area contributed by atoms with Crippen molar-refractivity contribution in [2.75, 3.05) is 20.2 Å². The Hall–Kier alpha value is -1.88. The topological polar surface area (TPSA) is 51.4 Å². The second-order valence-corrected chi connectivity index (χ2v) is 4.92. The van der Waals surface area contributed by atoms with Crippen molar-refractivity contribution in [3.8, 4) is 5.75 Å². The molecule has 1 aromatic heterocycles. The highest BCUT2D eigenvalue weighted by Crippen LogP contribution is 2.27. The summed E-state index contributed by atoms with van der Waals surface area (Å²) in [4.78, 5) is 6.64. The van der Waals surface area contributed by atoms with Crippen LogP contribution in [-0.2, 0) is 6.54 Å². The van der Waals surface area contributed by atoms with Gasteiger partial charge in [-0.15, -0.1) is 0 Å². The van der Waals surface area contributed by atoms with Gasteiger partial charge in [0, 0.05) is 19.6 Å². The van der Waals surface area contributed by atoms with E-state index in [0.29, 0.717) is 11.7 Å². The van der Waals surface area contributed by atoms with Crippen LogP contribution >= 0.6 is 0 Å². The second-order valence-electron chi connectivity index (χ2n) is 4.92. The molecule has 5 heteroatoms. The number of benzene rings is 1. The molecular formula is C14H17N3O2. The van der Waals surface area contributed by atoms with E-state index in [0.717, 1.165) is 31.3 Å². The second kappa shape index (κ2) is 5.01. The molecule has 0 unspecified atom stereocenters. The Kier molecular flexibility index (Phi) is 3.21. The Labute approximate surface area is 112 Å². The first-order valence-corrected chi connectivity index (χ1v) is 6.40. The Balaban J connectivity index is 1.53. The molecule has 0 N–H and O–H groups in total. The number of hydrogen-bond acceptors (Lipinski definition) is 5. The first-order chi connectivity index (χ1) is 9.24. The van der Waals surface area contributed by atoms with E-state index in [9.17, 15) is 0 Å². The van der Waals surface area contributed by atoms with E-state index in [1.807, 2.05) is 19.1 Å². The van der Waals surface area contributed by atoms with Gasteiger partial charge in [-0.3, -0.25) is 4.90 Å². The lowest BCUT2D eigenvalue weighted by atomic mass is 9.99. The normalized spacial score (nSPS) is 16.3. The van der Waals surface area contributed by atoms with E-state index in [2.05, 4.69) is 27.2 Å². The third-order valence-electron chi connectivity index (χ3n) is 3.41. The summed E-state index contributed by atoms with van der Waals surface area (Å²) in [5.74, 6) is 2.76. The van der Waals surface area contributed by atoms with Crippen LogP contribution in [0.5, 0.6) is 5.75 Å². The lowest BCUT2D eigenvalue weighted by Gasteiger charge is -2.37. The maximum atomic E-state index is 5.19. The molecule has 0 bridgehead atoms. The summed E-state index contributed by atoms with van der Waals surface area (Å²) >= 11 is 0. The van der Waals surface area contributed by atoms with Gasteiger partial charge in [0.25, 0.3) is 0 Å². The third-order valence-corrected chi connectivity index (χ3v) is 3.41. The van der Waals surface area contributed by atoms with Crippen LogP contribution in [0.2, 0.25) is 0 Å². The lowest BCUT2D eigenvalue weighted by Crippen LogP contribution is -2.44. The zero-order valence-corrected chi connectivity index (χ0v) is 11.2. The summed E-state index contributed by atoms with van der Waals surface area (Å²) in [7, 11) is 1.68. The molecule has 0 saturated carbocycles. The van der Waals surface area contributed by atoms with E-state index < -0.39 is 0 Å². The molecule has 3 rings (SSSR count). The van der Waals surface area contributed by atoms with Gasteiger partial charge in [0.05, 0.1) is 13.0 Å². The number of likely N-dealkylation sites (tertiary alicyclic amines) is 1. The molecule has 0 amide bonds. The van der Waals surface area contributed by atoms with Crippen LogP contribution in [0.4, 0.5) is 0 Å². The van der Waals surface area contributed by atoms with Crippen LogP contribution < -0.4 is 4.74 Å². The van der Waals surface area contributed by atoms with Crippen LogP contribution in [0, 0.1) is 6.92 Å². The molecule has 1 saturated heterocycles. The van der Waals surface area contributed by atoms with Crippen LogP contribution in [0.1, 0.15) is 23.2 Å². The van der Waals surface area contributed by atoms with Gasteiger partial charge in [-0.1, -0.05) is 17.3 Å². The first kappa shape index (κ1) is 12.2. The number of hydrogen-bond donors (Lipinski definition) is 0. The minimum absolute atomic E-state index is 0.388. The van der Waals surface area contributed by atoms with Gasteiger partial charge in [0.15, 0.2) is 5.82 Å². The van der Waals surface area contributed by atoms with Crippen molar-refractivity contribution < 1.29 is 9.26 Å². The molecule has 1 aromatic carbocycles. The number of methoxy groups -OCH3 is 1. The van der Waals surface area contributed by atoms with Gasteiger partial charge in [0.2, 0.25) is 5.89 Å². The van der Waals surface area contributed by atoms with E-state index in [-0.39, 0.29) is 0 Å². The lowest BCUT2D eigenvalue weighted by molar-refractivity contribution is 0.117. The number of rotatable bonds is 4. The van der Waals surface area contributed by atoms with Gasteiger partial charge in [-0.25, -0.2) is 0 Å². The molecule has 2 heterocycles. The maximum Gasteiger partial charge on any atom is 0.232 e. The van der Waals surface area contributed by atoms with Crippen molar-refractivity contribution in [2.45, 2.75) is 19.4 Å².